The van der Waals surface area contributed by atoms with Crippen LogP contribution in [0.25, 0.3) is 0 Å². The van der Waals surface area contributed by atoms with E-state index >= 15 is 0 Å². The van der Waals surface area contributed by atoms with Crippen LogP contribution in [0, 0.1) is 5.41 Å². The van der Waals surface area contributed by atoms with E-state index in [0.717, 1.165) is 25.7 Å². The molecule has 1 aliphatic carbocycles. The molecule has 0 spiro atoms. The van der Waals surface area contributed by atoms with E-state index < -0.39 is 17.6 Å². The standard InChI is InChI=1S/C20H37N5O3.C7H13NO2/c1-12(2)22-19(28)25-11-9-14-15(25)8-10-24(14)18(27)16(20(4,5)6)23-17(26)13(3)21-7;9-7(10)8-6-4-2-1-3-5-6/h12-16,21H,8-11H2,1-7H3,(H,22,28)(H,23,26);6,8H,1-5H2,(H,9,10)/t13-,14?,15?,16?;/m0./s1. The maximum atomic E-state index is 13.4. The lowest BCUT2D eigenvalue weighted by Gasteiger charge is -2.36. The van der Waals surface area contributed by atoms with Gasteiger partial charge in [-0.05, 0) is 58.9 Å². The molecule has 3 unspecified atom stereocenters. The second-order valence-corrected chi connectivity index (χ2v) is 12.1. The van der Waals surface area contributed by atoms with Gasteiger partial charge in [-0.2, -0.15) is 0 Å². The molecule has 2 saturated heterocycles. The normalized spacial score (nSPS) is 23.2. The highest BCUT2D eigenvalue weighted by molar-refractivity contribution is 5.90. The van der Waals surface area contributed by atoms with Crippen molar-refractivity contribution in [1.29, 1.82) is 0 Å². The molecule has 218 valence electrons. The Hall–Kier alpha value is -2.56. The lowest BCUT2D eigenvalue weighted by molar-refractivity contribution is -0.140. The van der Waals surface area contributed by atoms with E-state index in [-0.39, 0.29) is 48.1 Å². The third-order valence-electron chi connectivity index (χ3n) is 7.69. The number of likely N-dealkylation sites (tertiary alicyclic amines) is 2. The van der Waals surface area contributed by atoms with Gasteiger partial charge in [-0.1, -0.05) is 40.0 Å². The summed E-state index contributed by atoms with van der Waals surface area (Å²) < 4.78 is 0. The Balaban J connectivity index is 0.000000423. The quantitative estimate of drug-likeness (QED) is 0.352. The highest BCUT2D eigenvalue weighted by Gasteiger charge is 2.49. The summed E-state index contributed by atoms with van der Waals surface area (Å²) in [7, 11) is 1.72. The van der Waals surface area contributed by atoms with E-state index in [0.29, 0.717) is 13.1 Å². The van der Waals surface area contributed by atoms with Gasteiger partial charge in [0.2, 0.25) is 11.8 Å². The lowest BCUT2D eigenvalue weighted by atomic mass is 9.85. The van der Waals surface area contributed by atoms with Crippen LogP contribution in [0.5, 0.6) is 0 Å². The molecule has 38 heavy (non-hydrogen) atoms. The zero-order valence-corrected chi connectivity index (χ0v) is 24.3. The van der Waals surface area contributed by atoms with Crippen molar-refractivity contribution in [2.75, 3.05) is 20.1 Å². The molecule has 0 aromatic rings. The Morgan fingerprint density at radius 1 is 0.842 bits per heavy atom. The van der Waals surface area contributed by atoms with Gasteiger partial charge in [0.1, 0.15) is 6.04 Å². The van der Waals surface area contributed by atoms with Gasteiger partial charge in [-0.25, -0.2) is 9.59 Å². The van der Waals surface area contributed by atoms with Gasteiger partial charge >= 0.3 is 12.1 Å². The Morgan fingerprint density at radius 2 is 1.39 bits per heavy atom. The summed E-state index contributed by atoms with van der Waals surface area (Å²) in [5, 5.41) is 19.7. The molecule has 0 aromatic carbocycles. The lowest BCUT2D eigenvalue weighted by Crippen LogP contribution is -2.58. The molecule has 5 N–H and O–H groups in total. The first kappa shape index (κ1) is 31.7. The first-order chi connectivity index (χ1) is 17.8. The van der Waals surface area contributed by atoms with Crippen LogP contribution in [-0.2, 0) is 9.59 Å². The van der Waals surface area contributed by atoms with Crippen LogP contribution < -0.4 is 21.3 Å². The molecule has 4 atom stereocenters. The van der Waals surface area contributed by atoms with Crippen molar-refractivity contribution in [3.63, 3.8) is 0 Å². The summed E-state index contributed by atoms with van der Waals surface area (Å²) in [6.45, 7) is 12.8. The smallest absolute Gasteiger partial charge is 0.404 e. The number of amides is 5. The SMILES string of the molecule is CN[C@@H](C)C(=O)NC(C(=O)N1CCC2C1CCN2C(=O)NC(C)C)C(C)(C)C.O=C(O)NC1CCCCC1. The van der Waals surface area contributed by atoms with Crippen molar-refractivity contribution in [3.8, 4) is 0 Å². The Bertz CT molecular complexity index is 823. The van der Waals surface area contributed by atoms with Gasteiger partial charge < -0.3 is 36.2 Å². The van der Waals surface area contributed by atoms with E-state index in [1.807, 2.05) is 44.4 Å². The van der Waals surface area contributed by atoms with Crippen molar-refractivity contribution in [2.24, 2.45) is 5.41 Å². The Labute approximate surface area is 227 Å². The van der Waals surface area contributed by atoms with E-state index in [9.17, 15) is 19.2 Å². The van der Waals surface area contributed by atoms with Crippen LogP contribution in [0.4, 0.5) is 9.59 Å². The van der Waals surface area contributed by atoms with Crippen molar-refractivity contribution in [2.45, 2.75) is 123 Å². The average molecular weight is 539 g/mol. The third-order valence-corrected chi connectivity index (χ3v) is 7.69. The highest BCUT2D eigenvalue weighted by atomic mass is 16.4. The maximum Gasteiger partial charge on any atom is 0.404 e. The van der Waals surface area contributed by atoms with Crippen molar-refractivity contribution in [1.82, 2.24) is 31.1 Å². The van der Waals surface area contributed by atoms with Crippen molar-refractivity contribution in [3.05, 3.63) is 0 Å². The van der Waals surface area contributed by atoms with Gasteiger partial charge in [-0.15, -0.1) is 0 Å². The summed E-state index contributed by atoms with van der Waals surface area (Å²) in [6.07, 6.45) is 6.32. The predicted molar refractivity (Wildman–Crippen MR) is 147 cm³/mol. The maximum absolute atomic E-state index is 13.4. The number of carboxylic acid groups (broad SMARTS) is 1. The van der Waals surface area contributed by atoms with Gasteiger partial charge in [0.05, 0.1) is 18.1 Å². The summed E-state index contributed by atoms with van der Waals surface area (Å²) in [5.41, 5.74) is -0.411. The minimum atomic E-state index is -0.882. The number of hydrogen-bond acceptors (Lipinski definition) is 5. The molecule has 0 bridgehead atoms. The zero-order valence-electron chi connectivity index (χ0n) is 24.3. The Kier molecular flexibility index (Phi) is 11.7. The van der Waals surface area contributed by atoms with E-state index in [2.05, 4.69) is 21.3 Å². The van der Waals surface area contributed by atoms with Crippen LogP contribution in [0.15, 0.2) is 0 Å². The van der Waals surface area contributed by atoms with Gasteiger partial charge in [0.25, 0.3) is 0 Å². The summed E-state index contributed by atoms with van der Waals surface area (Å²) in [6, 6.07) is -0.644. The molecule has 1 saturated carbocycles. The number of urea groups is 1. The predicted octanol–water partition coefficient (Wildman–Crippen LogP) is 2.51. The number of nitrogens with one attached hydrogen (secondary N) is 4. The average Bonchev–Trinajstić information content (AvgIpc) is 3.43. The molecule has 0 aromatic heterocycles. The topological polar surface area (TPSA) is 143 Å². The molecule has 3 fully saturated rings. The molecule has 3 aliphatic rings. The van der Waals surface area contributed by atoms with Gasteiger partial charge in [0, 0.05) is 25.2 Å². The minimum absolute atomic E-state index is 0.0221. The minimum Gasteiger partial charge on any atom is -0.465 e. The number of rotatable bonds is 6. The molecule has 0 radical (unpaired) electrons. The molecule has 3 rings (SSSR count). The summed E-state index contributed by atoms with van der Waals surface area (Å²) in [5.74, 6) is -0.237. The molecular weight excluding hydrogens is 488 g/mol. The molecular formula is C27H50N6O5. The van der Waals surface area contributed by atoms with E-state index in [1.165, 1.54) is 19.3 Å². The zero-order chi connectivity index (χ0) is 28.6. The van der Waals surface area contributed by atoms with Gasteiger partial charge in [0.15, 0.2) is 0 Å². The van der Waals surface area contributed by atoms with Crippen molar-refractivity contribution >= 4 is 23.9 Å². The highest BCUT2D eigenvalue weighted by Crippen LogP contribution is 2.34. The van der Waals surface area contributed by atoms with Crippen LogP contribution in [0.2, 0.25) is 0 Å². The molecule has 5 amide bonds. The number of fused-ring (bicyclic) bond motifs is 1. The summed E-state index contributed by atoms with van der Waals surface area (Å²) >= 11 is 0. The second-order valence-electron chi connectivity index (χ2n) is 12.1. The van der Waals surface area contributed by atoms with Gasteiger partial charge in [-0.3, -0.25) is 9.59 Å². The number of carbonyl (C=O) groups is 4. The summed E-state index contributed by atoms with van der Waals surface area (Å²) in [4.78, 5) is 52.2. The molecule has 11 nitrogen and oxygen atoms in total. The molecule has 11 heteroatoms. The van der Waals surface area contributed by atoms with E-state index in [1.54, 1.807) is 14.0 Å². The largest absolute Gasteiger partial charge is 0.465 e. The number of hydrogen-bond donors (Lipinski definition) is 5. The van der Waals surface area contributed by atoms with E-state index in [4.69, 9.17) is 5.11 Å². The monoisotopic (exact) mass is 538 g/mol. The van der Waals surface area contributed by atoms with Crippen LogP contribution in [0.1, 0.15) is 86.5 Å². The number of likely N-dealkylation sites (N-methyl/N-ethyl adjacent to an activating group) is 1. The first-order valence-electron chi connectivity index (χ1n) is 14.1. The van der Waals surface area contributed by atoms with Crippen LogP contribution >= 0.6 is 0 Å². The Morgan fingerprint density at radius 3 is 1.89 bits per heavy atom. The fourth-order valence-electron chi connectivity index (χ4n) is 5.48. The fraction of sp³-hybridized carbons (Fsp3) is 0.852. The number of nitrogens with zero attached hydrogens (tertiary/aromatic N) is 2. The molecule has 2 aliphatic heterocycles. The third kappa shape index (κ3) is 8.74. The van der Waals surface area contributed by atoms with Crippen molar-refractivity contribution < 1.29 is 24.3 Å². The van der Waals surface area contributed by atoms with Crippen LogP contribution in [-0.4, -0.2) is 95.2 Å². The first-order valence-corrected chi connectivity index (χ1v) is 14.1. The van der Waals surface area contributed by atoms with Crippen LogP contribution in [0.3, 0.4) is 0 Å². The number of carbonyl (C=O) groups excluding carboxylic acids is 3. The molecule has 2 heterocycles. The fourth-order valence-corrected chi connectivity index (χ4v) is 5.48. The second kappa shape index (κ2) is 14.0.